The fraction of sp³-hybridized carbons (Fsp3) is 0.714. The highest BCUT2D eigenvalue weighted by Crippen LogP contribution is 2.11. The predicted molar refractivity (Wildman–Crippen MR) is 73.5 cm³/mol. The molecular formula is C14H25NO4. The lowest BCUT2D eigenvalue weighted by Crippen LogP contribution is -2.40. The number of carbonyl (C=O) groups excluding carboxylic acids is 1. The molecule has 0 aromatic rings. The first-order chi connectivity index (χ1) is 9.06. The smallest absolute Gasteiger partial charge is 0.305 e. The monoisotopic (exact) mass is 271 g/mol. The van der Waals surface area contributed by atoms with Crippen molar-refractivity contribution in [3.63, 3.8) is 0 Å². The van der Waals surface area contributed by atoms with Crippen LogP contribution >= 0.6 is 0 Å². The Balaban J connectivity index is 4.62. The second-order valence-corrected chi connectivity index (χ2v) is 4.29. The zero-order valence-corrected chi connectivity index (χ0v) is 12.1. The van der Waals surface area contributed by atoms with E-state index in [0.29, 0.717) is 13.0 Å². The van der Waals surface area contributed by atoms with Gasteiger partial charge < -0.3 is 5.11 Å². The fourth-order valence-corrected chi connectivity index (χ4v) is 1.66. The van der Waals surface area contributed by atoms with Crippen molar-refractivity contribution in [2.45, 2.75) is 58.9 Å². The third-order valence-corrected chi connectivity index (χ3v) is 2.68. The highest BCUT2D eigenvalue weighted by molar-refractivity contribution is 5.87. The molecule has 1 amide bonds. The van der Waals surface area contributed by atoms with Gasteiger partial charge in [0.25, 0.3) is 5.91 Å². The SMILES string of the molecule is CCCC/C=C/C(=O)N(OCC)C(CC)CC(=O)O. The first-order valence-electron chi connectivity index (χ1n) is 6.91. The number of hydrogen-bond acceptors (Lipinski definition) is 3. The van der Waals surface area contributed by atoms with Crippen molar-refractivity contribution in [2.75, 3.05) is 6.61 Å². The molecule has 0 rings (SSSR count). The second-order valence-electron chi connectivity index (χ2n) is 4.29. The van der Waals surface area contributed by atoms with Gasteiger partial charge in [-0.3, -0.25) is 14.4 Å². The van der Waals surface area contributed by atoms with Gasteiger partial charge >= 0.3 is 5.97 Å². The largest absolute Gasteiger partial charge is 0.481 e. The minimum absolute atomic E-state index is 0.106. The fourth-order valence-electron chi connectivity index (χ4n) is 1.66. The molecule has 0 aromatic heterocycles. The summed E-state index contributed by atoms with van der Waals surface area (Å²) in [6.45, 7) is 6.04. The number of nitrogens with zero attached hydrogens (tertiary/aromatic N) is 1. The molecule has 0 aromatic carbocycles. The van der Waals surface area contributed by atoms with Crippen LogP contribution in [0.25, 0.3) is 0 Å². The Kier molecular flexibility index (Phi) is 9.80. The first kappa shape index (κ1) is 17.6. The highest BCUT2D eigenvalue weighted by atomic mass is 16.7. The number of hydroxylamine groups is 2. The number of carboxylic acids is 1. The average Bonchev–Trinajstić information content (AvgIpc) is 2.38. The van der Waals surface area contributed by atoms with Gasteiger partial charge in [-0.15, -0.1) is 0 Å². The molecule has 0 saturated heterocycles. The Morgan fingerprint density at radius 1 is 1.32 bits per heavy atom. The molecular weight excluding hydrogens is 246 g/mol. The van der Waals surface area contributed by atoms with E-state index in [2.05, 4.69) is 6.92 Å². The molecule has 19 heavy (non-hydrogen) atoms. The van der Waals surface area contributed by atoms with E-state index in [-0.39, 0.29) is 12.3 Å². The molecule has 1 N–H and O–H groups in total. The Labute approximate surface area is 115 Å². The van der Waals surface area contributed by atoms with Crippen molar-refractivity contribution in [3.8, 4) is 0 Å². The van der Waals surface area contributed by atoms with Crippen LogP contribution in [0.2, 0.25) is 0 Å². The highest BCUT2D eigenvalue weighted by Gasteiger charge is 2.23. The second kappa shape index (κ2) is 10.6. The molecule has 0 aliphatic carbocycles. The molecule has 1 unspecified atom stereocenters. The minimum atomic E-state index is -0.931. The van der Waals surface area contributed by atoms with Crippen LogP contribution < -0.4 is 0 Å². The van der Waals surface area contributed by atoms with Gasteiger partial charge in [0.05, 0.1) is 19.1 Å². The van der Waals surface area contributed by atoms with Crippen molar-refractivity contribution < 1.29 is 19.5 Å². The lowest BCUT2D eigenvalue weighted by molar-refractivity contribution is -0.195. The van der Waals surface area contributed by atoms with Crippen LogP contribution in [0.5, 0.6) is 0 Å². The summed E-state index contributed by atoms with van der Waals surface area (Å²) >= 11 is 0. The van der Waals surface area contributed by atoms with Gasteiger partial charge in [-0.1, -0.05) is 32.8 Å². The molecule has 0 radical (unpaired) electrons. The summed E-state index contributed by atoms with van der Waals surface area (Å²) in [7, 11) is 0. The number of hydrogen-bond donors (Lipinski definition) is 1. The van der Waals surface area contributed by atoms with Gasteiger partial charge in [0.2, 0.25) is 0 Å². The van der Waals surface area contributed by atoms with Crippen LogP contribution in [-0.4, -0.2) is 34.7 Å². The zero-order valence-electron chi connectivity index (χ0n) is 12.1. The number of carbonyl (C=O) groups is 2. The van der Waals surface area contributed by atoms with Gasteiger partial charge in [0.1, 0.15) is 0 Å². The van der Waals surface area contributed by atoms with E-state index in [9.17, 15) is 9.59 Å². The van der Waals surface area contributed by atoms with Gasteiger partial charge in [-0.05, 0) is 19.8 Å². The Hall–Kier alpha value is -1.36. The van der Waals surface area contributed by atoms with E-state index in [4.69, 9.17) is 9.94 Å². The van der Waals surface area contributed by atoms with Crippen molar-refractivity contribution in [1.82, 2.24) is 5.06 Å². The molecule has 0 fully saturated rings. The summed E-state index contributed by atoms with van der Waals surface area (Å²) in [5, 5.41) is 10.0. The van der Waals surface area contributed by atoms with Crippen LogP contribution in [0, 0.1) is 0 Å². The van der Waals surface area contributed by atoms with E-state index in [1.807, 2.05) is 13.0 Å². The molecule has 0 saturated carbocycles. The number of amides is 1. The summed E-state index contributed by atoms with van der Waals surface area (Å²) in [5.74, 6) is -1.22. The van der Waals surface area contributed by atoms with E-state index >= 15 is 0 Å². The number of unbranched alkanes of at least 4 members (excludes halogenated alkanes) is 2. The van der Waals surface area contributed by atoms with Gasteiger partial charge in [0, 0.05) is 6.08 Å². The lowest BCUT2D eigenvalue weighted by Gasteiger charge is -2.27. The van der Waals surface area contributed by atoms with Crippen molar-refractivity contribution >= 4 is 11.9 Å². The molecule has 0 heterocycles. The normalized spacial score (nSPS) is 12.6. The summed E-state index contributed by atoms with van der Waals surface area (Å²) < 4.78 is 0. The predicted octanol–water partition coefficient (Wildman–Crippen LogP) is 2.77. The zero-order chi connectivity index (χ0) is 14.7. The maximum absolute atomic E-state index is 12.0. The van der Waals surface area contributed by atoms with Crippen molar-refractivity contribution in [1.29, 1.82) is 0 Å². The van der Waals surface area contributed by atoms with Crippen molar-refractivity contribution in [3.05, 3.63) is 12.2 Å². The maximum Gasteiger partial charge on any atom is 0.305 e. The van der Waals surface area contributed by atoms with E-state index in [0.717, 1.165) is 19.3 Å². The molecule has 1 atom stereocenters. The van der Waals surface area contributed by atoms with Gasteiger partial charge in [0.15, 0.2) is 0 Å². The van der Waals surface area contributed by atoms with E-state index in [1.165, 1.54) is 11.1 Å². The third-order valence-electron chi connectivity index (χ3n) is 2.68. The molecule has 5 nitrogen and oxygen atoms in total. The lowest BCUT2D eigenvalue weighted by atomic mass is 10.1. The number of allylic oxidation sites excluding steroid dienone is 1. The van der Waals surface area contributed by atoms with Crippen LogP contribution in [-0.2, 0) is 14.4 Å². The van der Waals surface area contributed by atoms with Crippen LogP contribution in [0.4, 0.5) is 0 Å². The van der Waals surface area contributed by atoms with Gasteiger partial charge in [-0.25, -0.2) is 5.06 Å². The summed E-state index contributed by atoms with van der Waals surface area (Å²) in [5.41, 5.74) is 0. The molecule has 5 heteroatoms. The average molecular weight is 271 g/mol. The topological polar surface area (TPSA) is 66.8 Å². The first-order valence-corrected chi connectivity index (χ1v) is 6.91. The molecule has 0 spiro atoms. The quantitative estimate of drug-likeness (QED) is 0.377. The van der Waals surface area contributed by atoms with Crippen LogP contribution in [0.1, 0.15) is 52.9 Å². The Morgan fingerprint density at radius 3 is 2.47 bits per heavy atom. The molecule has 0 bridgehead atoms. The summed E-state index contributed by atoms with van der Waals surface area (Å²) in [4.78, 5) is 28.1. The van der Waals surface area contributed by atoms with E-state index in [1.54, 1.807) is 6.92 Å². The molecule has 110 valence electrons. The number of aliphatic carboxylic acids is 1. The van der Waals surface area contributed by atoms with Gasteiger partial charge in [-0.2, -0.15) is 0 Å². The summed E-state index contributed by atoms with van der Waals surface area (Å²) in [6, 6.07) is -0.430. The number of rotatable bonds is 10. The number of carboxylic acid groups (broad SMARTS) is 1. The third kappa shape index (κ3) is 7.62. The maximum atomic E-state index is 12.0. The summed E-state index contributed by atoms with van der Waals surface area (Å²) in [6.07, 6.45) is 6.67. The molecule has 0 aliphatic rings. The Bertz CT molecular complexity index is 302. The Morgan fingerprint density at radius 2 is 2.00 bits per heavy atom. The minimum Gasteiger partial charge on any atom is -0.481 e. The molecule has 0 aliphatic heterocycles. The van der Waals surface area contributed by atoms with Crippen LogP contribution in [0.15, 0.2) is 12.2 Å². The standard InChI is InChI=1S/C14H25NO4/c1-4-7-8-9-10-13(16)15(19-6-3)12(5-2)11-14(17)18/h9-10,12H,4-8,11H2,1-3H3,(H,17,18)/b10-9+. The van der Waals surface area contributed by atoms with Crippen molar-refractivity contribution in [2.24, 2.45) is 0 Å². The van der Waals surface area contributed by atoms with E-state index < -0.39 is 12.0 Å². The van der Waals surface area contributed by atoms with Crippen LogP contribution in [0.3, 0.4) is 0 Å².